The molecule has 0 bridgehead atoms. The molecule has 0 N–H and O–H groups in total. The number of pyridine rings is 1. The molecule has 0 radical (unpaired) electrons. The first kappa shape index (κ1) is 16.4. The molecule has 0 saturated carbocycles. The lowest BCUT2D eigenvalue weighted by Gasteiger charge is -2.33. The Balaban J connectivity index is 1.92. The second-order valence-corrected chi connectivity index (χ2v) is 6.25. The SMILES string of the molecule is [C-]#[N+]C(C)C1CCN(c2ccnc3cc(OC)c(OC)cc23)CC1. The predicted molar refractivity (Wildman–Crippen MR) is 95.8 cm³/mol. The van der Waals surface area contributed by atoms with Gasteiger partial charge in [0.05, 0.1) is 19.7 Å². The molecule has 0 aliphatic carbocycles. The molecule has 1 aliphatic heterocycles. The van der Waals surface area contributed by atoms with Gasteiger partial charge in [-0.15, -0.1) is 0 Å². The van der Waals surface area contributed by atoms with Gasteiger partial charge < -0.3 is 19.2 Å². The molecule has 1 atom stereocenters. The molecular weight excluding hydrogens is 302 g/mol. The molecule has 2 heterocycles. The standard InChI is InChI=1S/C19H23N3O2/c1-13(20-2)14-6-9-22(10-7-14)17-5-8-21-16-12-19(24-4)18(23-3)11-15(16)17/h5,8,11-14H,6-7,9-10H2,1,3-4H3. The van der Waals surface area contributed by atoms with Crippen molar-refractivity contribution in [1.82, 2.24) is 4.98 Å². The van der Waals surface area contributed by atoms with Crippen molar-refractivity contribution < 1.29 is 9.47 Å². The van der Waals surface area contributed by atoms with Crippen LogP contribution in [0.5, 0.6) is 11.5 Å². The van der Waals surface area contributed by atoms with Crippen molar-refractivity contribution in [2.24, 2.45) is 5.92 Å². The van der Waals surface area contributed by atoms with Crippen LogP contribution in [0.1, 0.15) is 19.8 Å². The minimum Gasteiger partial charge on any atom is -0.493 e. The first-order valence-corrected chi connectivity index (χ1v) is 8.30. The first-order chi connectivity index (χ1) is 11.7. The number of methoxy groups -OCH3 is 2. The zero-order valence-corrected chi connectivity index (χ0v) is 14.5. The summed E-state index contributed by atoms with van der Waals surface area (Å²) in [6.07, 6.45) is 3.96. The van der Waals surface area contributed by atoms with Gasteiger partial charge in [0.25, 0.3) is 0 Å². The normalized spacial score (nSPS) is 16.7. The number of fused-ring (bicyclic) bond motifs is 1. The van der Waals surface area contributed by atoms with E-state index in [0.717, 1.165) is 42.6 Å². The Morgan fingerprint density at radius 2 is 1.88 bits per heavy atom. The third-order valence-corrected chi connectivity index (χ3v) is 4.99. The molecule has 1 unspecified atom stereocenters. The number of anilines is 1. The van der Waals surface area contributed by atoms with Gasteiger partial charge in [0, 0.05) is 49.3 Å². The smallest absolute Gasteiger partial charge is 0.223 e. The summed E-state index contributed by atoms with van der Waals surface area (Å²) in [5, 5.41) is 1.08. The molecule has 1 saturated heterocycles. The van der Waals surface area contributed by atoms with Crippen LogP contribution in [0, 0.1) is 12.5 Å². The second kappa shape index (κ2) is 6.96. The molecule has 3 rings (SSSR count). The summed E-state index contributed by atoms with van der Waals surface area (Å²) < 4.78 is 10.8. The van der Waals surface area contributed by atoms with E-state index in [2.05, 4.69) is 20.8 Å². The van der Waals surface area contributed by atoms with Crippen molar-refractivity contribution in [3.63, 3.8) is 0 Å². The summed E-state index contributed by atoms with van der Waals surface area (Å²) in [7, 11) is 3.29. The second-order valence-electron chi connectivity index (χ2n) is 6.25. The minimum atomic E-state index is 0.116. The number of hydrogen-bond donors (Lipinski definition) is 0. The average Bonchev–Trinajstić information content (AvgIpc) is 2.65. The van der Waals surface area contributed by atoms with Crippen LogP contribution in [0.4, 0.5) is 5.69 Å². The van der Waals surface area contributed by atoms with Crippen molar-refractivity contribution in [1.29, 1.82) is 0 Å². The van der Waals surface area contributed by atoms with Crippen LogP contribution in [0.2, 0.25) is 0 Å². The number of aromatic nitrogens is 1. The molecule has 1 fully saturated rings. The lowest BCUT2D eigenvalue weighted by molar-refractivity contribution is 0.355. The largest absolute Gasteiger partial charge is 0.493 e. The highest BCUT2D eigenvalue weighted by molar-refractivity contribution is 5.94. The van der Waals surface area contributed by atoms with E-state index in [0.29, 0.717) is 11.7 Å². The number of piperidine rings is 1. The third-order valence-electron chi connectivity index (χ3n) is 4.99. The Morgan fingerprint density at radius 3 is 2.50 bits per heavy atom. The third kappa shape index (κ3) is 2.96. The first-order valence-electron chi connectivity index (χ1n) is 8.30. The lowest BCUT2D eigenvalue weighted by atomic mass is 9.90. The van der Waals surface area contributed by atoms with Crippen molar-refractivity contribution in [3.8, 4) is 11.5 Å². The van der Waals surface area contributed by atoms with Gasteiger partial charge >= 0.3 is 0 Å². The maximum atomic E-state index is 7.23. The molecule has 0 amide bonds. The summed E-state index contributed by atoms with van der Waals surface area (Å²) in [6.45, 7) is 11.2. The Bertz CT molecular complexity index is 761. The molecule has 0 spiro atoms. The zero-order valence-electron chi connectivity index (χ0n) is 14.5. The highest BCUT2D eigenvalue weighted by Gasteiger charge is 2.27. The molecule has 1 aliphatic rings. The van der Waals surface area contributed by atoms with Gasteiger partial charge in [-0.05, 0) is 25.0 Å². The van der Waals surface area contributed by atoms with Gasteiger partial charge in [0.15, 0.2) is 11.5 Å². The highest BCUT2D eigenvalue weighted by Crippen LogP contribution is 2.37. The van der Waals surface area contributed by atoms with E-state index < -0.39 is 0 Å². The van der Waals surface area contributed by atoms with Crippen molar-refractivity contribution in [3.05, 3.63) is 35.8 Å². The van der Waals surface area contributed by atoms with E-state index in [1.54, 1.807) is 14.2 Å². The fourth-order valence-corrected chi connectivity index (χ4v) is 3.46. The zero-order chi connectivity index (χ0) is 17.1. The fraction of sp³-hybridized carbons (Fsp3) is 0.474. The predicted octanol–water partition coefficient (Wildman–Crippen LogP) is 3.78. The van der Waals surface area contributed by atoms with Gasteiger partial charge in [-0.1, -0.05) is 0 Å². The summed E-state index contributed by atoms with van der Waals surface area (Å²) in [5.74, 6) is 1.91. The minimum absolute atomic E-state index is 0.116. The summed E-state index contributed by atoms with van der Waals surface area (Å²) >= 11 is 0. The number of rotatable bonds is 4. The van der Waals surface area contributed by atoms with Crippen LogP contribution in [0.3, 0.4) is 0 Å². The van der Waals surface area contributed by atoms with E-state index in [1.807, 2.05) is 25.3 Å². The Morgan fingerprint density at radius 1 is 1.21 bits per heavy atom. The summed E-state index contributed by atoms with van der Waals surface area (Å²) in [6, 6.07) is 6.11. The topological polar surface area (TPSA) is 39.0 Å². The van der Waals surface area contributed by atoms with Crippen molar-refractivity contribution in [2.45, 2.75) is 25.8 Å². The van der Waals surface area contributed by atoms with Crippen molar-refractivity contribution in [2.75, 3.05) is 32.2 Å². The molecule has 24 heavy (non-hydrogen) atoms. The number of nitrogens with zero attached hydrogens (tertiary/aromatic N) is 3. The maximum absolute atomic E-state index is 7.23. The average molecular weight is 325 g/mol. The quantitative estimate of drug-likeness (QED) is 0.802. The summed E-state index contributed by atoms with van der Waals surface area (Å²) in [5.41, 5.74) is 2.08. The maximum Gasteiger partial charge on any atom is 0.223 e. The number of hydrogen-bond acceptors (Lipinski definition) is 4. The van der Waals surface area contributed by atoms with E-state index in [-0.39, 0.29) is 6.04 Å². The molecule has 5 heteroatoms. The van der Waals surface area contributed by atoms with Crippen LogP contribution in [-0.4, -0.2) is 38.3 Å². The van der Waals surface area contributed by atoms with Crippen LogP contribution < -0.4 is 14.4 Å². The van der Waals surface area contributed by atoms with Gasteiger partial charge in [-0.2, -0.15) is 0 Å². The molecule has 2 aromatic rings. The fourth-order valence-electron chi connectivity index (χ4n) is 3.46. The van der Waals surface area contributed by atoms with E-state index in [4.69, 9.17) is 16.0 Å². The van der Waals surface area contributed by atoms with Gasteiger partial charge in [0.2, 0.25) is 6.04 Å². The van der Waals surface area contributed by atoms with Crippen LogP contribution in [-0.2, 0) is 0 Å². The Labute approximate surface area is 143 Å². The lowest BCUT2D eigenvalue weighted by Crippen LogP contribution is -2.36. The van der Waals surface area contributed by atoms with Gasteiger partial charge in [-0.3, -0.25) is 4.98 Å². The van der Waals surface area contributed by atoms with E-state index in [9.17, 15) is 0 Å². The monoisotopic (exact) mass is 325 g/mol. The number of ether oxygens (including phenoxy) is 2. The molecular formula is C19H23N3O2. The van der Waals surface area contributed by atoms with Crippen LogP contribution in [0.25, 0.3) is 15.7 Å². The van der Waals surface area contributed by atoms with Gasteiger partial charge in [0.1, 0.15) is 0 Å². The highest BCUT2D eigenvalue weighted by atomic mass is 16.5. The molecule has 1 aromatic carbocycles. The molecule has 126 valence electrons. The van der Waals surface area contributed by atoms with E-state index in [1.165, 1.54) is 5.69 Å². The Kier molecular flexibility index (Phi) is 4.75. The van der Waals surface area contributed by atoms with E-state index >= 15 is 0 Å². The molecule has 5 nitrogen and oxygen atoms in total. The Hall–Kier alpha value is -2.48. The summed E-state index contributed by atoms with van der Waals surface area (Å²) in [4.78, 5) is 10.6. The van der Waals surface area contributed by atoms with Crippen molar-refractivity contribution >= 4 is 16.6 Å². The molecule has 1 aromatic heterocycles. The number of benzene rings is 1. The van der Waals surface area contributed by atoms with Crippen LogP contribution in [0.15, 0.2) is 24.4 Å². The van der Waals surface area contributed by atoms with Crippen LogP contribution >= 0.6 is 0 Å². The van der Waals surface area contributed by atoms with Gasteiger partial charge in [-0.25, -0.2) is 6.57 Å².